The quantitative estimate of drug-likeness (QED) is 0.587. The summed E-state index contributed by atoms with van der Waals surface area (Å²) in [6.45, 7) is 5.73. The standard InChI is InChI=1S/C7H15NOS/c1-3-8-4-5-10-6-7(2)9/h8H,3-6H2,1-2H3. The molecule has 0 amide bonds. The Labute approximate surface area is 66.8 Å². The lowest BCUT2D eigenvalue weighted by molar-refractivity contribution is -0.114. The molecule has 0 bridgehead atoms. The Morgan fingerprint density at radius 1 is 1.60 bits per heavy atom. The summed E-state index contributed by atoms with van der Waals surface area (Å²) in [4.78, 5) is 10.4. The molecular formula is C7H15NOS. The van der Waals surface area contributed by atoms with Crippen LogP contribution in [-0.4, -0.2) is 30.4 Å². The first kappa shape index (κ1) is 9.98. The van der Waals surface area contributed by atoms with Crippen LogP contribution >= 0.6 is 11.8 Å². The van der Waals surface area contributed by atoms with Gasteiger partial charge in [-0.25, -0.2) is 0 Å². The number of Topliss-reactive ketones (excluding diaryl/α,β-unsaturated/α-hetero) is 1. The third-order valence-corrected chi connectivity index (χ3v) is 2.08. The first-order valence-corrected chi connectivity index (χ1v) is 4.70. The van der Waals surface area contributed by atoms with Crippen molar-refractivity contribution < 1.29 is 4.79 Å². The van der Waals surface area contributed by atoms with Crippen LogP contribution in [0.4, 0.5) is 0 Å². The van der Waals surface area contributed by atoms with E-state index in [-0.39, 0.29) is 5.78 Å². The van der Waals surface area contributed by atoms with E-state index in [0.717, 1.165) is 18.8 Å². The second kappa shape index (κ2) is 7.09. The van der Waals surface area contributed by atoms with Gasteiger partial charge in [-0.2, -0.15) is 11.8 Å². The van der Waals surface area contributed by atoms with Crippen LogP contribution in [0.25, 0.3) is 0 Å². The highest BCUT2D eigenvalue weighted by molar-refractivity contribution is 7.99. The molecule has 1 N–H and O–H groups in total. The van der Waals surface area contributed by atoms with Gasteiger partial charge in [-0.3, -0.25) is 4.79 Å². The average Bonchev–Trinajstić information content (AvgIpc) is 1.87. The summed E-state index contributed by atoms with van der Waals surface area (Å²) in [7, 11) is 0. The zero-order valence-electron chi connectivity index (χ0n) is 6.64. The van der Waals surface area contributed by atoms with E-state index in [1.165, 1.54) is 0 Å². The van der Waals surface area contributed by atoms with Crippen LogP contribution in [0.15, 0.2) is 0 Å². The summed E-state index contributed by atoms with van der Waals surface area (Å²) in [5.74, 6) is 1.96. The highest BCUT2D eigenvalue weighted by Gasteiger charge is 1.91. The molecule has 0 unspecified atom stereocenters. The molecular weight excluding hydrogens is 146 g/mol. The number of hydrogen-bond acceptors (Lipinski definition) is 3. The minimum Gasteiger partial charge on any atom is -0.316 e. The van der Waals surface area contributed by atoms with Gasteiger partial charge in [0.05, 0.1) is 5.75 Å². The molecule has 0 rings (SSSR count). The molecule has 0 atom stereocenters. The van der Waals surface area contributed by atoms with E-state index in [4.69, 9.17) is 0 Å². The Balaban J connectivity index is 2.84. The molecule has 0 aromatic carbocycles. The van der Waals surface area contributed by atoms with Crippen molar-refractivity contribution in [3.63, 3.8) is 0 Å². The molecule has 0 heterocycles. The molecule has 0 saturated heterocycles. The molecule has 0 aliphatic heterocycles. The molecule has 0 aliphatic carbocycles. The maximum absolute atomic E-state index is 10.4. The highest BCUT2D eigenvalue weighted by atomic mass is 32.2. The van der Waals surface area contributed by atoms with Crippen molar-refractivity contribution in [1.82, 2.24) is 5.32 Å². The van der Waals surface area contributed by atoms with Gasteiger partial charge in [0, 0.05) is 12.3 Å². The van der Waals surface area contributed by atoms with Gasteiger partial charge in [0.2, 0.25) is 0 Å². The maximum Gasteiger partial charge on any atom is 0.139 e. The number of ketones is 1. The van der Waals surface area contributed by atoms with E-state index in [1.54, 1.807) is 18.7 Å². The third-order valence-electron chi connectivity index (χ3n) is 0.979. The van der Waals surface area contributed by atoms with Gasteiger partial charge < -0.3 is 5.32 Å². The van der Waals surface area contributed by atoms with E-state index in [1.807, 2.05) is 0 Å². The van der Waals surface area contributed by atoms with Gasteiger partial charge in [0.15, 0.2) is 0 Å². The van der Waals surface area contributed by atoms with Gasteiger partial charge in [0.25, 0.3) is 0 Å². The zero-order chi connectivity index (χ0) is 7.82. The van der Waals surface area contributed by atoms with Gasteiger partial charge in [-0.15, -0.1) is 0 Å². The first-order chi connectivity index (χ1) is 4.77. The van der Waals surface area contributed by atoms with Crippen molar-refractivity contribution in [2.75, 3.05) is 24.6 Å². The highest BCUT2D eigenvalue weighted by Crippen LogP contribution is 1.97. The monoisotopic (exact) mass is 161 g/mol. The molecule has 0 radical (unpaired) electrons. The summed E-state index contributed by atoms with van der Waals surface area (Å²) in [6, 6.07) is 0. The number of carbonyl (C=O) groups excluding carboxylic acids is 1. The smallest absolute Gasteiger partial charge is 0.139 e. The van der Waals surface area contributed by atoms with Crippen LogP contribution in [0.2, 0.25) is 0 Å². The number of hydrogen-bond donors (Lipinski definition) is 1. The van der Waals surface area contributed by atoms with E-state index in [9.17, 15) is 4.79 Å². The lowest BCUT2D eigenvalue weighted by Crippen LogP contribution is -2.16. The van der Waals surface area contributed by atoms with Crippen molar-refractivity contribution in [3.05, 3.63) is 0 Å². The second-order valence-electron chi connectivity index (χ2n) is 2.11. The largest absolute Gasteiger partial charge is 0.316 e. The minimum atomic E-state index is 0.265. The summed E-state index contributed by atoms with van der Waals surface area (Å²) >= 11 is 1.69. The van der Waals surface area contributed by atoms with E-state index >= 15 is 0 Å². The molecule has 0 spiro atoms. The molecule has 0 saturated carbocycles. The van der Waals surface area contributed by atoms with Crippen molar-refractivity contribution in [2.45, 2.75) is 13.8 Å². The zero-order valence-corrected chi connectivity index (χ0v) is 7.46. The van der Waals surface area contributed by atoms with Crippen molar-refractivity contribution in [2.24, 2.45) is 0 Å². The molecule has 2 nitrogen and oxygen atoms in total. The van der Waals surface area contributed by atoms with Crippen LogP contribution < -0.4 is 5.32 Å². The maximum atomic E-state index is 10.4. The Morgan fingerprint density at radius 3 is 2.80 bits per heavy atom. The molecule has 0 aromatic heterocycles. The Kier molecular flexibility index (Phi) is 7.08. The summed E-state index contributed by atoms with van der Waals surface area (Å²) in [5.41, 5.74) is 0. The molecule has 10 heavy (non-hydrogen) atoms. The molecule has 0 fully saturated rings. The molecule has 0 aromatic rings. The Bertz CT molecular complexity index is 95.6. The van der Waals surface area contributed by atoms with Gasteiger partial charge in [0.1, 0.15) is 5.78 Å². The molecule has 3 heteroatoms. The van der Waals surface area contributed by atoms with Crippen LogP contribution in [0, 0.1) is 0 Å². The fourth-order valence-corrected chi connectivity index (χ4v) is 1.26. The summed E-state index contributed by atoms with van der Waals surface area (Å²) < 4.78 is 0. The van der Waals surface area contributed by atoms with Crippen molar-refractivity contribution >= 4 is 17.5 Å². The predicted octanol–water partition coefficient (Wildman–Crippen LogP) is 0.918. The molecule has 60 valence electrons. The minimum absolute atomic E-state index is 0.265. The Morgan fingerprint density at radius 2 is 2.30 bits per heavy atom. The first-order valence-electron chi connectivity index (χ1n) is 3.55. The Hall–Kier alpha value is -0.0200. The summed E-state index contributed by atoms with van der Waals surface area (Å²) in [6.07, 6.45) is 0. The topological polar surface area (TPSA) is 29.1 Å². The number of rotatable bonds is 6. The summed E-state index contributed by atoms with van der Waals surface area (Å²) in [5, 5.41) is 3.19. The normalized spacial score (nSPS) is 9.80. The number of carbonyl (C=O) groups is 1. The second-order valence-corrected chi connectivity index (χ2v) is 3.21. The van der Waals surface area contributed by atoms with Gasteiger partial charge in [-0.1, -0.05) is 6.92 Å². The third kappa shape index (κ3) is 7.98. The van der Waals surface area contributed by atoms with Gasteiger partial charge >= 0.3 is 0 Å². The van der Waals surface area contributed by atoms with Crippen LogP contribution in [0.5, 0.6) is 0 Å². The van der Waals surface area contributed by atoms with E-state index in [0.29, 0.717) is 5.75 Å². The van der Waals surface area contributed by atoms with Crippen LogP contribution in [-0.2, 0) is 4.79 Å². The van der Waals surface area contributed by atoms with Gasteiger partial charge in [-0.05, 0) is 13.5 Å². The van der Waals surface area contributed by atoms with Crippen LogP contribution in [0.3, 0.4) is 0 Å². The number of nitrogens with one attached hydrogen (secondary N) is 1. The van der Waals surface area contributed by atoms with E-state index in [2.05, 4.69) is 12.2 Å². The van der Waals surface area contributed by atoms with Crippen molar-refractivity contribution in [3.8, 4) is 0 Å². The van der Waals surface area contributed by atoms with E-state index < -0.39 is 0 Å². The fourth-order valence-electron chi connectivity index (χ4n) is 0.537. The lowest BCUT2D eigenvalue weighted by Gasteiger charge is -1.98. The van der Waals surface area contributed by atoms with Crippen LogP contribution in [0.1, 0.15) is 13.8 Å². The predicted molar refractivity (Wildman–Crippen MR) is 46.5 cm³/mol. The number of thioether (sulfide) groups is 1. The molecule has 0 aliphatic rings. The fraction of sp³-hybridized carbons (Fsp3) is 0.857. The SMILES string of the molecule is CCNCCSCC(C)=O. The lowest BCUT2D eigenvalue weighted by atomic mass is 10.5. The average molecular weight is 161 g/mol. The van der Waals surface area contributed by atoms with Crippen molar-refractivity contribution in [1.29, 1.82) is 0 Å².